The topological polar surface area (TPSA) is 72.0 Å². The molecule has 1 saturated heterocycles. The summed E-state index contributed by atoms with van der Waals surface area (Å²) < 4.78 is 13.2. The molecule has 9 heteroatoms. The maximum atomic E-state index is 13.2. The number of nitrogens with zero attached hydrogens (tertiary/aromatic N) is 3. The molecule has 5 rings (SSSR count). The van der Waals surface area contributed by atoms with Gasteiger partial charge in [0.1, 0.15) is 12.0 Å². The fourth-order valence-electron chi connectivity index (χ4n) is 4.71. The molecule has 3 atom stereocenters. The number of nitrogens with one attached hydrogen (secondary N) is 3. The number of rotatable bonds is 4. The smallest absolute Gasteiger partial charge is 0.230 e. The van der Waals surface area contributed by atoms with E-state index in [-0.39, 0.29) is 30.0 Å². The number of hydrogen-bond donors (Lipinski definition) is 3. The van der Waals surface area contributed by atoms with Crippen LogP contribution in [0.3, 0.4) is 0 Å². The van der Waals surface area contributed by atoms with Crippen molar-refractivity contribution in [1.29, 1.82) is 0 Å². The van der Waals surface area contributed by atoms with E-state index < -0.39 is 0 Å². The zero-order chi connectivity index (χ0) is 20.5. The van der Waals surface area contributed by atoms with E-state index in [9.17, 15) is 9.18 Å². The summed E-state index contributed by atoms with van der Waals surface area (Å²) in [5, 5.41) is 10.6. The highest BCUT2D eigenvalue weighted by Crippen LogP contribution is 2.35. The molecule has 1 aromatic carbocycles. The Hall–Kier alpha value is -2.26. The molecule has 0 aromatic heterocycles. The number of carbonyl (C=O) groups is 1. The van der Waals surface area contributed by atoms with Crippen molar-refractivity contribution in [1.82, 2.24) is 26.1 Å². The number of amides is 1. The molecule has 7 nitrogen and oxygen atoms in total. The van der Waals surface area contributed by atoms with Crippen LogP contribution in [0.5, 0.6) is 0 Å². The summed E-state index contributed by atoms with van der Waals surface area (Å²) in [6.07, 6.45) is 10.8. The molecule has 1 saturated carbocycles. The van der Waals surface area contributed by atoms with Crippen LogP contribution in [-0.4, -0.2) is 45.0 Å². The summed E-state index contributed by atoms with van der Waals surface area (Å²) in [4.78, 5) is 14.5. The normalized spacial score (nSPS) is 28.0. The molecule has 1 aromatic rings. The summed E-state index contributed by atoms with van der Waals surface area (Å²) in [5.41, 5.74) is 7.79. The Kier molecular flexibility index (Phi) is 5.56. The monoisotopic (exact) mass is 430 g/mol. The average molecular weight is 431 g/mol. The SMILES string of the molecule is O=C(CSC1=NNC2C3CC(c4ccc(F)cc4)NN3C=CN12)NC1CCCCC1. The van der Waals surface area contributed by atoms with Gasteiger partial charge in [0.25, 0.3) is 0 Å². The number of amidine groups is 1. The Morgan fingerprint density at radius 2 is 2.00 bits per heavy atom. The van der Waals surface area contributed by atoms with E-state index in [2.05, 4.69) is 31.2 Å². The zero-order valence-electron chi connectivity index (χ0n) is 16.8. The minimum Gasteiger partial charge on any atom is -0.353 e. The lowest BCUT2D eigenvalue weighted by Crippen LogP contribution is -2.54. The standard InChI is InChI=1S/C21H27FN6OS/c22-15-8-6-14(7-9-15)17-12-18-20-24-25-21(27(20)10-11-28(18)26-17)30-13-19(29)23-16-4-2-1-3-5-16/h6-11,16-18,20,24,26H,1-5,12-13H2,(H,23,29). The first-order valence-corrected chi connectivity index (χ1v) is 11.7. The van der Waals surface area contributed by atoms with Crippen LogP contribution in [0.1, 0.15) is 50.1 Å². The largest absolute Gasteiger partial charge is 0.353 e. The second-order valence-electron chi connectivity index (χ2n) is 8.31. The fourth-order valence-corrected chi connectivity index (χ4v) is 5.49. The number of thioether (sulfide) groups is 1. The summed E-state index contributed by atoms with van der Waals surface area (Å²) in [5.74, 6) is 0.235. The molecule has 2 fully saturated rings. The van der Waals surface area contributed by atoms with Gasteiger partial charge in [-0.2, -0.15) is 5.10 Å². The van der Waals surface area contributed by atoms with Crippen molar-refractivity contribution in [2.75, 3.05) is 5.75 Å². The third-order valence-electron chi connectivity index (χ3n) is 6.28. The van der Waals surface area contributed by atoms with E-state index >= 15 is 0 Å². The lowest BCUT2D eigenvalue weighted by Gasteiger charge is -2.36. The van der Waals surface area contributed by atoms with Gasteiger partial charge in [-0.15, -0.1) is 0 Å². The predicted molar refractivity (Wildman–Crippen MR) is 115 cm³/mol. The molecular weight excluding hydrogens is 403 g/mol. The van der Waals surface area contributed by atoms with Crippen LogP contribution in [0.15, 0.2) is 41.8 Å². The third kappa shape index (κ3) is 4.00. The van der Waals surface area contributed by atoms with E-state index in [0.717, 1.165) is 30.0 Å². The van der Waals surface area contributed by atoms with E-state index in [0.29, 0.717) is 11.8 Å². The highest BCUT2D eigenvalue weighted by molar-refractivity contribution is 8.14. The fraction of sp³-hybridized carbons (Fsp3) is 0.524. The molecule has 0 bridgehead atoms. The Bertz CT molecular complexity index is 840. The molecule has 1 amide bonds. The first kappa shape index (κ1) is 19.7. The minimum atomic E-state index is -0.222. The molecule has 3 N–H and O–H groups in total. The highest BCUT2D eigenvalue weighted by atomic mass is 32.2. The first-order chi connectivity index (χ1) is 14.7. The molecule has 4 aliphatic rings. The zero-order valence-corrected chi connectivity index (χ0v) is 17.6. The summed E-state index contributed by atoms with van der Waals surface area (Å²) >= 11 is 1.47. The quantitative estimate of drug-likeness (QED) is 0.682. The van der Waals surface area contributed by atoms with E-state index in [4.69, 9.17) is 0 Å². The van der Waals surface area contributed by atoms with E-state index in [1.807, 2.05) is 24.5 Å². The van der Waals surface area contributed by atoms with Crippen LogP contribution < -0.4 is 16.2 Å². The van der Waals surface area contributed by atoms with Crippen molar-refractivity contribution in [2.45, 2.75) is 62.8 Å². The molecule has 3 aliphatic heterocycles. The van der Waals surface area contributed by atoms with Gasteiger partial charge < -0.3 is 15.2 Å². The molecule has 3 unspecified atom stereocenters. The Labute approximate surface area is 180 Å². The Morgan fingerprint density at radius 1 is 1.20 bits per heavy atom. The van der Waals surface area contributed by atoms with Gasteiger partial charge in [0.15, 0.2) is 5.17 Å². The van der Waals surface area contributed by atoms with E-state index in [1.165, 1.54) is 43.2 Å². The van der Waals surface area contributed by atoms with Crippen LogP contribution in [-0.2, 0) is 4.79 Å². The van der Waals surface area contributed by atoms with Crippen LogP contribution >= 0.6 is 11.8 Å². The van der Waals surface area contributed by atoms with Gasteiger partial charge in [0, 0.05) is 18.4 Å². The van der Waals surface area contributed by atoms with Crippen molar-refractivity contribution < 1.29 is 9.18 Å². The van der Waals surface area contributed by atoms with Crippen molar-refractivity contribution in [3.8, 4) is 0 Å². The molecule has 30 heavy (non-hydrogen) atoms. The van der Waals surface area contributed by atoms with Crippen LogP contribution in [0, 0.1) is 5.82 Å². The lowest BCUT2D eigenvalue weighted by molar-refractivity contribution is -0.119. The van der Waals surface area contributed by atoms with Gasteiger partial charge in [-0.25, -0.2) is 9.82 Å². The van der Waals surface area contributed by atoms with Gasteiger partial charge in [-0.05, 0) is 37.0 Å². The third-order valence-corrected chi connectivity index (χ3v) is 7.25. The average Bonchev–Trinajstić information content (AvgIpc) is 3.37. The number of carbonyl (C=O) groups excluding carboxylic acids is 1. The lowest BCUT2D eigenvalue weighted by atomic mass is 9.95. The van der Waals surface area contributed by atoms with Crippen molar-refractivity contribution >= 4 is 22.8 Å². The van der Waals surface area contributed by atoms with Crippen LogP contribution in [0.25, 0.3) is 0 Å². The van der Waals surface area contributed by atoms with Crippen LogP contribution in [0.2, 0.25) is 0 Å². The highest BCUT2D eigenvalue weighted by Gasteiger charge is 2.44. The summed E-state index contributed by atoms with van der Waals surface area (Å²) in [6, 6.07) is 7.30. The minimum absolute atomic E-state index is 0.0110. The van der Waals surface area contributed by atoms with E-state index in [1.54, 1.807) is 0 Å². The Balaban J connectivity index is 1.16. The van der Waals surface area contributed by atoms with Gasteiger partial charge in [0.05, 0.1) is 17.8 Å². The Morgan fingerprint density at radius 3 is 2.80 bits per heavy atom. The van der Waals surface area contributed by atoms with Gasteiger partial charge >= 0.3 is 0 Å². The van der Waals surface area contributed by atoms with Gasteiger partial charge in [-0.3, -0.25) is 10.2 Å². The first-order valence-electron chi connectivity index (χ1n) is 10.7. The maximum absolute atomic E-state index is 13.2. The number of hydrazone groups is 1. The van der Waals surface area contributed by atoms with Crippen molar-refractivity contribution in [2.24, 2.45) is 5.10 Å². The molecule has 1 aliphatic carbocycles. The van der Waals surface area contributed by atoms with Gasteiger partial charge in [-0.1, -0.05) is 43.2 Å². The number of halogens is 1. The number of hydrogen-bond acceptors (Lipinski definition) is 7. The van der Waals surface area contributed by atoms with Crippen molar-refractivity contribution in [3.05, 3.63) is 48.0 Å². The summed E-state index contributed by atoms with van der Waals surface area (Å²) in [6.45, 7) is 0. The molecule has 0 spiro atoms. The number of fused-ring (bicyclic) bond motifs is 3. The summed E-state index contributed by atoms with van der Waals surface area (Å²) in [7, 11) is 0. The second kappa shape index (κ2) is 8.47. The predicted octanol–water partition coefficient (Wildman–Crippen LogP) is 2.61. The molecule has 0 radical (unpaired) electrons. The number of benzene rings is 1. The second-order valence-corrected chi connectivity index (χ2v) is 9.25. The van der Waals surface area contributed by atoms with Gasteiger partial charge in [0.2, 0.25) is 5.91 Å². The number of hydrazine groups is 1. The molecule has 160 valence electrons. The van der Waals surface area contributed by atoms with Crippen molar-refractivity contribution in [3.63, 3.8) is 0 Å². The molecular formula is C21H27FN6OS. The van der Waals surface area contributed by atoms with Crippen LogP contribution in [0.4, 0.5) is 4.39 Å². The molecule has 3 heterocycles. The maximum Gasteiger partial charge on any atom is 0.230 e.